The molecule has 0 aliphatic carbocycles. The van der Waals surface area contributed by atoms with Crippen LogP contribution in [0.1, 0.15) is 36.2 Å². The van der Waals surface area contributed by atoms with E-state index in [1.54, 1.807) is 20.1 Å². The smallest absolute Gasteiger partial charge is 0.251 e. The molecule has 0 spiro atoms. The molecule has 1 amide bonds. The molecule has 19 heavy (non-hydrogen) atoms. The van der Waals surface area contributed by atoms with Crippen molar-refractivity contribution in [2.75, 3.05) is 20.3 Å². The van der Waals surface area contributed by atoms with E-state index in [0.717, 1.165) is 6.42 Å². The maximum atomic E-state index is 13.1. The molecule has 0 atom stereocenters. The number of ether oxygens (including phenoxy) is 1. The molecule has 1 rings (SSSR count). The van der Waals surface area contributed by atoms with Crippen molar-refractivity contribution in [3.05, 3.63) is 35.1 Å². The van der Waals surface area contributed by atoms with E-state index in [1.807, 2.05) is 0 Å². The fourth-order valence-corrected chi connectivity index (χ4v) is 1.67. The zero-order valence-electron chi connectivity index (χ0n) is 12.0. The van der Waals surface area contributed by atoms with E-state index in [-0.39, 0.29) is 17.1 Å². The van der Waals surface area contributed by atoms with Gasteiger partial charge in [-0.25, -0.2) is 4.39 Å². The molecule has 0 aliphatic heterocycles. The average Bonchev–Trinajstić information content (AvgIpc) is 2.37. The van der Waals surface area contributed by atoms with E-state index in [2.05, 4.69) is 19.2 Å². The third kappa shape index (κ3) is 4.99. The van der Waals surface area contributed by atoms with Gasteiger partial charge in [-0.15, -0.1) is 0 Å². The molecule has 0 aromatic heterocycles. The van der Waals surface area contributed by atoms with Crippen LogP contribution >= 0.6 is 0 Å². The summed E-state index contributed by atoms with van der Waals surface area (Å²) in [5.74, 6) is -0.467. The molecule has 1 N–H and O–H groups in total. The highest BCUT2D eigenvalue weighted by Crippen LogP contribution is 2.19. The Hall–Kier alpha value is -1.42. The van der Waals surface area contributed by atoms with Gasteiger partial charge in [-0.05, 0) is 42.5 Å². The number of hydrogen-bond acceptors (Lipinski definition) is 2. The first kappa shape index (κ1) is 15.6. The van der Waals surface area contributed by atoms with E-state index >= 15 is 0 Å². The number of methoxy groups -OCH3 is 1. The fourth-order valence-electron chi connectivity index (χ4n) is 1.67. The second kappa shape index (κ2) is 6.66. The molecule has 4 heteroatoms. The molecular formula is C15H22FNO2. The van der Waals surface area contributed by atoms with Crippen LogP contribution in [0.3, 0.4) is 0 Å². The van der Waals surface area contributed by atoms with Gasteiger partial charge in [0.05, 0.1) is 0 Å². The van der Waals surface area contributed by atoms with Gasteiger partial charge >= 0.3 is 0 Å². The van der Waals surface area contributed by atoms with Gasteiger partial charge in [0.15, 0.2) is 0 Å². The first-order valence-corrected chi connectivity index (χ1v) is 6.39. The van der Waals surface area contributed by atoms with Crippen LogP contribution in [-0.4, -0.2) is 26.2 Å². The molecule has 0 heterocycles. The van der Waals surface area contributed by atoms with Crippen LogP contribution in [0, 0.1) is 18.2 Å². The summed E-state index contributed by atoms with van der Waals surface area (Å²) in [5, 5.41) is 2.88. The number of rotatable bonds is 6. The zero-order chi connectivity index (χ0) is 14.5. The molecule has 0 saturated carbocycles. The summed E-state index contributed by atoms with van der Waals surface area (Å²) in [4.78, 5) is 12.0. The Morgan fingerprint density at radius 1 is 1.42 bits per heavy atom. The van der Waals surface area contributed by atoms with Crippen LogP contribution in [0.25, 0.3) is 0 Å². The summed E-state index contributed by atoms with van der Waals surface area (Å²) < 4.78 is 18.2. The van der Waals surface area contributed by atoms with E-state index in [9.17, 15) is 9.18 Å². The van der Waals surface area contributed by atoms with E-state index in [0.29, 0.717) is 24.3 Å². The summed E-state index contributed by atoms with van der Waals surface area (Å²) in [6.07, 6.45) is 0.867. The SMILES string of the molecule is COCCC(C)(C)CNC(=O)c1ccc(F)c(C)c1. The lowest BCUT2D eigenvalue weighted by Gasteiger charge is -2.24. The van der Waals surface area contributed by atoms with Gasteiger partial charge in [0.2, 0.25) is 0 Å². The predicted octanol–water partition coefficient (Wildman–Crippen LogP) is 2.93. The van der Waals surface area contributed by atoms with Gasteiger partial charge in [0.1, 0.15) is 5.82 Å². The Bertz CT molecular complexity index is 444. The van der Waals surface area contributed by atoms with Crippen molar-refractivity contribution in [1.29, 1.82) is 0 Å². The van der Waals surface area contributed by atoms with Gasteiger partial charge in [0.25, 0.3) is 5.91 Å². The summed E-state index contributed by atoms with van der Waals surface area (Å²) in [6.45, 7) is 7.02. The Balaban J connectivity index is 2.57. The minimum absolute atomic E-state index is 0.0270. The summed E-state index contributed by atoms with van der Waals surface area (Å²) >= 11 is 0. The molecule has 0 aliphatic rings. The molecule has 3 nitrogen and oxygen atoms in total. The van der Waals surface area contributed by atoms with Crippen molar-refractivity contribution in [2.45, 2.75) is 27.2 Å². The number of nitrogens with one attached hydrogen (secondary N) is 1. The van der Waals surface area contributed by atoms with Gasteiger partial charge < -0.3 is 10.1 Å². The van der Waals surface area contributed by atoms with Crippen LogP contribution in [0.15, 0.2) is 18.2 Å². The maximum Gasteiger partial charge on any atom is 0.251 e. The number of carbonyl (C=O) groups excluding carboxylic acids is 1. The number of halogens is 1. The highest BCUT2D eigenvalue weighted by Gasteiger charge is 2.19. The lowest BCUT2D eigenvalue weighted by Crippen LogP contribution is -2.34. The third-order valence-corrected chi connectivity index (χ3v) is 3.13. The first-order chi connectivity index (χ1) is 8.85. The van der Waals surface area contributed by atoms with Gasteiger partial charge in [-0.2, -0.15) is 0 Å². The lowest BCUT2D eigenvalue weighted by molar-refractivity contribution is 0.0921. The predicted molar refractivity (Wildman–Crippen MR) is 73.7 cm³/mol. The van der Waals surface area contributed by atoms with Crippen LogP contribution in [0.5, 0.6) is 0 Å². The number of aryl methyl sites for hydroxylation is 1. The molecule has 0 fully saturated rings. The zero-order valence-corrected chi connectivity index (χ0v) is 12.0. The van der Waals surface area contributed by atoms with Crippen LogP contribution in [0.4, 0.5) is 4.39 Å². The molecule has 106 valence electrons. The molecule has 0 unspecified atom stereocenters. The van der Waals surface area contributed by atoms with Crippen molar-refractivity contribution >= 4 is 5.91 Å². The average molecular weight is 267 g/mol. The van der Waals surface area contributed by atoms with Gasteiger partial charge in [0, 0.05) is 25.8 Å². The normalized spacial score (nSPS) is 11.4. The largest absolute Gasteiger partial charge is 0.385 e. The number of carbonyl (C=O) groups is 1. The van der Waals surface area contributed by atoms with Crippen molar-refractivity contribution in [1.82, 2.24) is 5.32 Å². The van der Waals surface area contributed by atoms with Crippen molar-refractivity contribution in [3.8, 4) is 0 Å². The van der Waals surface area contributed by atoms with Gasteiger partial charge in [-0.1, -0.05) is 13.8 Å². The topological polar surface area (TPSA) is 38.3 Å². The highest BCUT2D eigenvalue weighted by atomic mass is 19.1. The molecule has 1 aromatic rings. The monoisotopic (exact) mass is 267 g/mol. The minimum Gasteiger partial charge on any atom is -0.385 e. The van der Waals surface area contributed by atoms with Crippen molar-refractivity contribution in [3.63, 3.8) is 0 Å². The Morgan fingerprint density at radius 3 is 2.68 bits per heavy atom. The van der Waals surface area contributed by atoms with E-state index in [4.69, 9.17) is 4.74 Å². The van der Waals surface area contributed by atoms with E-state index in [1.165, 1.54) is 12.1 Å². The lowest BCUT2D eigenvalue weighted by atomic mass is 9.89. The van der Waals surface area contributed by atoms with Gasteiger partial charge in [-0.3, -0.25) is 4.79 Å². The third-order valence-electron chi connectivity index (χ3n) is 3.13. The molecule has 0 bridgehead atoms. The summed E-state index contributed by atoms with van der Waals surface area (Å²) in [5.41, 5.74) is 0.938. The Kier molecular flexibility index (Phi) is 5.48. The molecular weight excluding hydrogens is 245 g/mol. The van der Waals surface area contributed by atoms with Crippen LogP contribution in [-0.2, 0) is 4.74 Å². The standard InChI is InChI=1S/C15H22FNO2/c1-11-9-12(5-6-13(11)16)14(18)17-10-15(2,3)7-8-19-4/h5-6,9H,7-8,10H2,1-4H3,(H,17,18). The van der Waals surface area contributed by atoms with Crippen LogP contribution < -0.4 is 5.32 Å². The minimum atomic E-state index is -0.294. The quantitative estimate of drug-likeness (QED) is 0.860. The summed E-state index contributed by atoms with van der Waals surface area (Å²) in [6, 6.07) is 4.38. The Labute approximate surface area is 114 Å². The molecule has 0 saturated heterocycles. The summed E-state index contributed by atoms with van der Waals surface area (Å²) in [7, 11) is 1.66. The maximum absolute atomic E-state index is 13.1. The van der Waals surface area contributed by atoms with E-state index < -0.39 is 0 Å². The van der Waals surface area contributed by atoms with Crippen molar-refractivity contribution < 1.29 is 13.9 Å². The number of benzene rings is 1. The van der Waals surface area contributed by atoms with Crippen LogP contribution in [0.2, 0.25) is 0 Å². The second-order valence-electron chi connectivity index (χ2n) is 5.55. The highest BCUT2D eigenvalue weighted by molar-refractivity contribution is 5.94. The fraction of sp³-hybridized carbons (Fsp3) is 0.533. The Morgan fingerprint density at radius 2 is 2.11 bits per heavy atom. The molecule has 1 aromatic carbocycles. The molecule has 0 radical (unpaired) electrons. The number of amides is 1. The van der Waals surface area contributed by atoms with Crippen molar-refractivity contribution in [2.24, 2.45) is 5.41 Å². The first-order valence-electron chi connectivity index (χ1n) is 6.39. The number of hydrogen-bond donors (Lipinski definition) is 1. The second-order valence-corrected chi connectivity index (χ2v) is 5.55.